The Morgan fingerprint density at radius 3 is 2.81 bits per heavy atom. The van der Waals surface area contributed by atoms with Gasteiger partial charge in [-0.05, 0) is 24.3 Å². The van der Waals surface area contributed by atoms with Crippen molar-refractivity contribution in [3.63, 3.8) is 0 Å². The van der Waals surface area contributed by atoms with Crippen LogP contribution in [0.25, 0.3) is 6.08 Å². The first-order chi connectivity index (χ1) is 13.0. The number of thioether (sulfide) groups is 1. The Bertz CT molecular complexity index is 943. The van der Waals surface area contributed by atoms with E-state index in [0.29, 0.717) is 20.7 Å². The molecule has 27 heavy (non-hydrogen) atoms. The number of nitrogens with one attached hydrogen (secondary N) is 1. The normalized spacial score (nSPS) is 15.3. The number of carbonyl (C=O) groups excluding carboxylic acids is 2. The summed E-state index contributed by atoms with van der Waals surface area (Å²) in [6.07, 6.45) is 1.70. The molecule has 2 aromatic rings. The molecule has 0 unspecified atom stereocenters. The van der Waals surface area contributed by atoms with Gasteiger partial charge < -0.3 is 15.2 Å². The summed E-state index contributed by atoms with van der Waals surface area (Å²) in [5, 5.41) is 12.1. The minimum absolute atomic E-state index is 0.0400. The number of aromatic hydroxyl groups is 1. The molecule has 1 heterocycles. The summed E-state index contributed by atoms with van der Waals surface area (Å²) in [4.78, 5) is 26.6. The number of nitrogens with zero attached hydrogens (tertiary/aromatic N) is 1. The van der Waals surface area contributed by atoms with E-state index in [1.54, 1.807) is 31.4 Å². The van der Waals surface area contributed by atoms with Gasteiger partial charge in [0.25, 0.3) is 5.91 Å². The van der Waals surface area contributed by atoms with Crippen LogP contribution in [0.2, 0.25) is 0 Å². The van der Waals surface area contributed by atoms with Crippen LogP contribution >= 0.6 is 24.0 Å². The van der Waals surface area contributed by atoms with Crippen LogP contribution in [0.4, 0.5) is 5.69 Å². The van der Waals surface area contributed by atoms with E-state index in [0.717, 1.165) is 17.3 Å². The molecule has 1 aliphatic heterocycles. The molecule has 0 radical (unpaired) electrons. The van der Waals surface area contributed by atoms with E-state index in [4.69, 9.17) is 17.0 Å². The zero-order valence-corrected chi connectivity index (χ0v) is 16.0. The van der Waals surface area contributed by atoms with Crippen molar-refractivity contribution >= 4 is 51.9 Å². The third-order valence-electron chi connectivity index (χ3n) is 3.73. The summed E-state index contributed by atoms with van der Waals surface area (Å²) in [5.41, 5.74) is 1.19. The predicted molar refractivity (Wildman–Crippen MR) is 110 cm³/mol. The number of thiocarbonyl (C=S) groups is 1. The van der Waals surface area contributed by atoms with Crippen LogP contribution in [-0.2, 0) is 9.59 Å². The number of methoxy groups -OCH3 is 1. The lowest BCUT2D eigenvalue weighted by atomic mass is 10.2. The van der Waals surface area contributed by atoms with Crippen molar-refractivity contribution in [1.29, 1.82) is 0 Å². The van der Waals surface area contributed by atoms with Crippen molar-refractivity contribution in [2.75, 3.05) is 19.0 Å². The molecule has 1 saturated heterocycles. The second-order valence-electron chi connectivity index (χ2n) is 5.61. The first-order valence-corrected chi connectivity index (χ1v) is 9.17. The molecule has 0 atom stereocenters. The third kappa shape index (κ3) is 4.47. The number of rotatable bonds is 5. The highest BCUT2D eigenvalue weighted by atomic mass is 32.2. The molecule has 138 valence electrons. The Morgan fingerprint density at radius 1 is 1.30 bits per heavy atom. The van der Waals surface area contributed by atoms with Crippen molar-refractivity contribution in [3.05, 3.63) is 59.0 Å². The maximum atomic E-state index is 12.7. The number of hydrogen-bond donors (Lipinski definition) is 2. The molecule has 0 aromatic heterocycles. The van der Waals surface area contributed by atoms with Gasteiger partial charge in [0, 0.05) is 17.3 Å². The molecule has 2 N–H and O–H groups in total. The van der Waals surface area contributed by atoms with Crippen LogP contribution in [0.15, 0.2) is 53.4 Å². The van der Waals surface area contributed by atoms with Crippen molar-refractivity contribution in [2.45, 2.75) is 0 Å². The fourth-order valence-corrected chi connectivity index (χ4v) is 3.74. The van der Waals surface area contributed by atoms with Crippen LogP contribution in [0, 0.1) is 0 Å². The van der Waals surface area contributed by atoms with Crippen LogP contribution in [0.1, 0.15) is 5.56 Å². The van der Waals surface area contributed by atoms with Crippen molar-refractivity contribution in [2.24, 2.45) is 0 Å². The molecule has 0 aliphatic carbocycles. The van der Waals surface area contributed by atoms with E-state index in [-0.39, 0.29) is 18.2 Å². The van der Waals surface area contributed by atoms with Gasteiger partial charge in [0.05, 0.1) is 12.0 Å². The van der Waals surface area contributed by atoms with Gasteiger partial charge in [0.2, 0.25) is 5.91 Å². The average molecular weight is 400 g/mol. The molecular weight excluding hydrogens is 384 g/mol. The Hall–Kier alpha value is -2.84. The molecule has 1 aliphatic rings. The van der Waals surface area contributed by atoms with Crippen molar-refractivity contribution < 1.29 is 19.4 Å². The molecule has 2 amide bonds. The van der Waals surface area contributed by atoms with Crippen molar-refractivity contribution in [1.82, 2.24) is 4.90 Å². The highest BCUT2D eigenvalue weighted by Gasteiger charge is 2.33. The maximum absolute atomic E-state index is 12.7. The number of para-hydroxylation sites is 1. The second-order valence-corrected chi connectivity index (χ2v) is 7.28. The molecule has 0 spiro atoms. The lowest BCUT2D eigenvalue weighted by Gasteiger charge is -2.14. The largest absolute Gasteiger partial charge is 0.508 e. The van der Waals surface area contributed by atoms with E-state index >= 15 is 0 Å². The minimum Gasteiger partial charge on any atom is -0.508 e. The smallest absolute Gasteiger partial charge is 0.266 e. The van der Waals surface area contributed by atoms with Gasteiger partial charge in [-0.3, -0.25) is 14.5 Å². The maximum Gasteiger partial charge on any atom is 0.266 e. The molecule has 3 rings (SSSR count). The van der Waals surface area contributed by atoms with Gasteiger partial charge in [0.1, 0.15) is 22.4 Å². The SMILES string of the molecule is COc1ccccc1/C=C1\SC(=S)N(CC(=O)Nc2cccc(O)c2)C1=O. The predicted octanol–water partition coefficient (Wildman–Crippen LogP) is 3.24. The molecule has 0 bridgehead atoms. The van der Waals surface area contributed by atoms with Gasteiger partial charge in [-0.25, -0.2) is 0 Å². The van der Waals surface area contributed by atoms with E-state index in [1.807, 2.05) is 18.2 Å². The summed E-state index contributed by atoms with van der Waals surface area (Å²) in [7, 11) is 1.56. The first kappa shape index (κ1) is 18.9. The fraction of sp³-hybridized carbons (Fsp3) is 0.105. The van der Waals surface area contributed by atoms with E-state index in [1.165, 1.54) is 17.0 Å². The lowest BCUT2D eigenvalue weighted by molar-refractivity contribution is -0.126. The number of hydrogen-bond acceptors (Lipinski definition) is 6. The van der Waals surface area contributed by atoms with Gasteiger partial charge in [0.15, 0.2) is 0 Å². The van der Waals surface area contributed by atoms with E-state index in [2.05, 4.69) is 5.32 Å². The monoisotopic (exact) mass is 400 g/mol. The molecule has 2 aromatic carbocycles. The Labute approximate surface area is 165 Å². The number of anilines is 1. The third-order valence-corrected chi connectivity index (χ3v) is 5.11. The van der Waals surface area contributed by atoms with Gasteiger partial charge >= 0.3 is 0 Å². The topological polar surface area (TPSA) is 78.9 Å². The molecule has 6 nitrogen and oxygen atoms in total. The second kappa shape index (κ2) is 8.24. The highest BCUT2D eigenvalue weighted by molar-refractivity contribution is 8.26. The first-order valence-electron chi connectivity index (χ1n) is 7.95. The average Bonchev–Trinajstić information content (AvgIpc) is 2.89. The summed E-state index contributed by atoms with van der Waals surface area (Å²) in [5.74, 6) is -0.0556. The summed E-state index contributed by atoms with van der Waals surface area (Å²) in [6.45, 7) is -0.205. The number of ether oxygens (including phenoxy) is 1. The number of benzene rings is 2. The van der Waals surface area contributed by atoms with Gasteiger partial charge in [-0.1, -0.05) is 48.2 Å². The highest BCUT2D eigenvalue weighted by Crippen LogP contribution is 2.34. The van der Waals surface area contributed by atoms with E-state index in [9.17, 15) is 14.7 Å². The quantitative estimate of drug-likeness (QED) is 0.593. The lowest BCUT2D eigenvalue weighted by Crippen LogP contribution is -2.36. The van der Waals surface area contributed by atoms with Crippen LogP contribution < -0.4 is 10.1 Å². The summed E-state index contributed by atoms with van der Waals surface area (Å²) >= 11 is 6.39. The Kier molecular flexibility index (Phi) is 5.78. The molecule has 1 fully saturated rings. The van der Waals surface area contributed by atoms with E-state index < -0.39 is 5.91 Å². The number of phenolic OH excluding ortho intramolecular Hbond substituents is 1. The van der Waals surface area contributed by atoms with Gasteiger partial charge in [-0.2, -0.15) is 0 Å². The summed E-state index contributed by atoms with van der Waals surface area (Å²) < 4.78 is 5.60. The Morgan fingerprint density at radius 2 is 2.07 bits per heavy atom. The van der Waals surface area contributed by atoms with Crippen LogP contribution in [0.3, 0.4) is 0 Å². The number of phenols is 1. The number of carbonyl (C=O) groups is 2. The van der Waals surface area contributed by atoms with Crippen molar-refractivity contribution in [3.8, 4) is 11.5 Å². The minimum atomic E-state index is -0.407. The fourth-order valence-electron chi connectivity index (χ4n) is 2.49. The Balaban J connectivity index is 1.72. The zero-order chi connectivity index (χ0) is 19.4. The standard InChI is InChI=1S/C19H16N2O4S2/c1-25-15-8-3-2-5-12(15)9-16-18(24)21(19(26)27-16)11-17(23)20-13-6-4-7-14(22)10-13/h2-10,22H,11H2,1H3,(H,20,23)/b16-9-. The molecule has 8 heteroatoms. The zero-order valence-electron chi connectivity index (χ0n) is 14.3. The molecule has 0 saturated carbocycles. The van der Waals surface area contributed by atoms with Gasteiger partial charge in [-0.15, -0.1) is 0 Å². The van der Waals surface area contributed by atoms with Crippen LogP contribution in [-0.4, -0.2) is 39.8 Å². The number of amides is 2. The summed E-state index contributed by atoms with van der Waals surface area (Å²) in [6, 6.07) is 13.5. The molecular formula is C19H16N2O4S2. The van der Waals surface area contributed by atoms with Crippen LogP contribution in [0.5, 0.6) is 11.5 Å².